The van der Waals surface area contributed by atoms with Gasteiger partial charge in [-0.3, -0.25) is 0 Å². The lowest BCUT2D eigenvalue weighted by Gasteiger charge is -2.30. The summed E-state index contributed by atoms with van der Waals surface area (Å²) >= 11 is 3.32. The third-order valence-corrected chi connectivity index (χ3v) is 3.36. The smallest absolute Gasteiger partial charge is 0.126 e. The summed E-state index contributed by atoms with van der Waals surface area (Å²) < 4.78 is 19.6. The van der Waals surface area contributed by atoms with E-state index in [9.17, 15) is 4.39 Å². The Morgan fingerprint density at radius 2 is 2.12 bits per heavy atom. The summed E-state index contributed by atoms with van der Waals surface area (Å²) in [5.74, 6) is -0.231. The fourth-order valence-corrected chi connectivity index (χ4v) is 1.74. The predicted molar refractivity (Wildman–Crippen MR) is 66.9 cm³/mol. The van der Waals surface area contributed by atoms with Gasteiger partial charge in [0.25, 0.3) is 0 Å². The minimum absolute atomic E-state index is 0.231. The van der Waals surface area contributed by atoms with Crippen LogP contribution in [0, 0.1) is 5.82 Å². The lowest BCUT2D eigenvalue weighted by atomic mass is 9.93. The van der Waals surface area contributed by atoms with Gasteiger partial charge >= 0.3 is 0 Å². The highest BCUT2D eigenvalue weighted by molar-refractivity contribution is 9.10. The Labute approximate surface area is 104 Å². The summed E-state index contributed by atoms with van der Waals surface area (Å²) in [4.78, 5) is 0. The van der Waals surface area contributed by atoms with E-state index in [1.807, 2.05) is 13.8 Å². The third kappa shape index (κ3) is 3.27. The molecule has 2 N–H and O–H groups in total. The van der Waals surface area contributed by atoms with Crippen LogP contribution >= 0.6 is 15.9 Å². The first kappa shape index (κ1) is 13.6. The number of halogens is 2. The van der Waals surface area contributed by atoms with Crippen molar-refractivity contribution in [3.05, 3.63) is 34.1 Å². The molecule has 1 unspecified atom stereocenters. The minimum atomic E-state index is -0.464. The number of benzene rings is 1. The monoisotopic (exact) mass is 289 g/mol. The highest BCUT2D eigenvalue weighted by atomic mass is 79.9. The van der Waals surface area contributed by atoms with E-state index >= 15 is 0 Å². The average molecular weight is 290 g/mol. The Morgan fingerprint density at radius 3 is 2.69 bits per heavy atom. The predicted octanol–water partition coefficient (Wildman–Crippen LogP) is 2.88. The van der Waals surface area contributed by atoms with Crippen molar-refractivity contribution in [3.63, 3.8) is 0 Å². The molecule has 0 aliphatic rings. The van der Waals surface area contributed by atoms with Crippen molar-refractivity contribution < 1.29 is 9.13 Å². The summed E-state index contributed by atoms with van der Waals surface area (Å²) in [5, 5.41) is 0. The van der Waals surface area contributed by atoms with Gasteiger partial charge in [-0.05, 0) is 44.0 Å². The lowest BCUT2D eigenvalue weighted by Crippen LogP contribution is -2.46. The van der Waals surface area contributed by atoms with Gasteiger partial charge in [-0.15, -0.1) is 0 Å². The average Bonchev–Trinajstić information content (AvgIpc) is 2.23. The highest BCUT2D eigenvalue weighted by Gasteiger charge is 2.26. The molecule has 4 heteroatoms. The first-order chi connectivity index (χ1) is 7.36. The summed E-state index contributed by atoms with van der Waals surface area (Å²) in [7, 11) is 1.61. The number of hydrogen-bond donors (Lipinski definition) is 1. The Bertz CT molecular complexity index is 368. The van der Waals surface area contributed by atoms with E-state index in [1.54, 1.807) is 19.2 Å². The Balaban J connectivity index is 2.84. The van der Waals surface area contributed by atoms with Crippen LogP contribution < -0.4 is 5.73 Å². The van der Waals surface area contributed by atoms with Crippen molar-refractivity contribution in [1.29, 1.82) is 0 Å². The van der Waals surface area contributed by atoms with Crippen LogP contribution in [-0.4, -0.2) is 18.8 Å². The van der Waals surface area contributed by atoms with Crippen molar-refractivity contribution in [2.75, 3.05) is 7.11 Å². The number of rotatable bonds is 4. The van der Waals surface area contributed by atoms with Crippen LogP contribution in [0.1, 0.15) is 19.4 Å². The van der Waals surface area contributed by atoms with Crippen molar-refractivity contribution in [1.82, 2.24) is 0 Å². The van der Waals surface area contributed by atoms with E-state index in [4.69, 9.17) is 10.5 Å². The van der Waals surface area contributed by atoms with Gasteiger partial charge in [0.15, 0.2) is 0 Å². The van der Waals surface area contributed by atoms with Gasteiger partial charge in [0.2, 0.25) is 0 Å². The van der Waals surface area contributed by atoms with Gasteiger partial charge < -0.3 is 10.5 Å². The molecule has 0 amide bonds. The van der Waals surface area contributed by atoms with E-state index in [2.05, 4.69) is 15.9 Å². The van der Waals surface area contributed by atoms with Crippen molar-refractivity contribution in [2.24, 2.45) is 5.73 Å². The molecule has 1 aromatic carbocycles. The number of ether oxygens (including phenoxy) is 1. The maximum atomic E-state index is 13.5. The lowest BCUT2D eigenvalue weighted by molar-refractivity contribution is 0.000634. The largest absolute Gasteiger partial charge is 0.377 e. The van der Waals surface area contributed by atoms with E-state index in [-0.39, 0.29) is 11.9 Å². The molecule has 1 rings (SSSR count). The van der Waals surface area contributed by atoms with Crippen LogP contribution in [0.2, 0.25) is 0 Å². The third-order valence-electron chi connectivity index (χ3n) is 2.87. The second-order valence-electron chi connectivity index (χ2n) is 4.35. The molecule has 0 saturated carbocycles. The molecule has 1 atom stereocenters. The fourth-order valence-electron chi connectivity index (χ4n) is 1.33. The van der Waals surface area contributed by atoms with Gasteiger partial charge in [0.1, 0.15) is 5.82 Å². The first-order valence-electron chi connectivity index (χ1n) is 5.11. The van der Waals surface area contributed by atoms with Crippen LogP contribution in [-0.2, 0) is 11.2 Å². The van der Waals surface area contributed by atoms with Crippen LogP contribution in [0.4, 0.5) is 4.39 Å². The van der Waals surface area contributed by atoms with Crippen LogP contribution in [0.25, 0.3) is 0 Å². The maximum Gasteiger partial charge on any atom is 0.126 e. The molecular weight excluding hydrogens is 273 g/mol. The molecular formula is C12H17BrFNO. The molecule has 0 fully saturated rings. The maximum absolute atomic E-state index is 13.5. The van der Waals surface area contributed by atoms with Crippen LogP contribution in [0.15, 0.2) is 22.7 Å². The van der Waals surface area contributed by atoms with Crippen LogP contribution in [0.3, 0.4) is 0 Å². The molecule has 0 aliphatic heterocycles. The molecule has 0 bridgehead atoms. The van der Waals surface area contributed by atoms with Gasteiger partial charge in [-0.25, -0.2) is 4.39 Å². The molecule has 0 aromatic heterocycles. The zero-order valence-corrected chi connectivity index (χ0v) is 11.3. The van der Waals surface area contributed by atoms with Gasteiger partial charge in [-0.2, -0.15) is 0 Å². The van der Waals surface area contributed by atoms with Crippen molar-refractivity contribution >= 4 is 15.9 Å². The normalized spacial score (nSPS) is 13.9. The van der Waals surface area contributed by atoms with Gasteiger partial charge in [-0.1, -0.05) is 15.9 Å². The molecule has 0 spiro atoms. The zero-order chi connectivity index (χ0) is 12.3. The molecule has 16 heavy (non-hydrogen) atoms. The number of methoxy groups -OCH3 is 1. The van der Waals surface area contributed by atoms with Crippen molar-refractivity contribution in [3.8, 4) is 0 Å². The summed E-state index contributed by atoms with van der Waals surface area (Å²) in [6.07, 6.45) is 0.451. The first-order valence-corrected chi connectivity index (χ1v) is 5.91. The molecule has 0 saturated heterocycles. The Morgan fingerprint density at radius 1 is 1.50 bits per heavy atom. The Kier molecular flexibility index (Phi) is 4.47. The van der Waals surface area contributed by atoms with Crippen molar-refractivity contribution in [2.45, 2.75) is 31.9 Å². The molecule has 0 aliphatic carbocycles. The summed E-state index contributed by atoms with van der Waals surface area (Å²) in [5.41, 5.74) is 6.15. The van der Waals surface area contributed by atoms with Gasteiger partial charge in [0, 0.05) is 17.6 Å². The summed E-state index contributed by atoms with van der Waals surface area (Å²) in [6.45, 7) is 3.79. The second kappa shape index (κ2) is 5.25. The zero-order valence-electron chi connectivity index (χ0n) is 9.76. The topological polar surface area (TPSA) is 35.2 Å². The standard InChI is InChI=1S/C12H17BrFNO/c1-12(2,16-3)11(15)7-8-6-9(13)4-5-10(8)14/h4-6,11H,7,15H2,1-3H3. The van der Waals surface area contributed by atoms with E-state index in [0.717, 1.165) is 4.47 Å². The molecule has 1 aromatic rings. The minimum Gasteiger partial charge on any atom is -0.377 e. The SMILES string of the molecule is COC(C)(C)C(N)Cc1cc(Br)ccc1F. The van der Waals surface area contributed by atoms with E-state index in [1.165, 1.54) is 6.07 Å². The number of nitrogens with two attached hydrogens (primary N) is 1. The summed E-state index contributed by atoms with van der Waals surface area (Å²) in [6, 6.07) is 4.61. The van der Waals surface area contributed by atoms with Crippen LogP contribution in [0.5, 0.6) is 0 Å². The molecule has 2 nitrogen and oxygen atoms in total. The fraction of sp³-hybridized carbons (Fsp3) is 0.500. The second-order valence-corrected chi connectivity index (χ2v) is 5.27. The Hall–Kier alpha value is -0.450. The number of hydrogen-bond acceptors (Lipinski definition) is 2. The van der Waals surface area contributed by atoms with E-state index < -0.39 is 5.60 Å². The van der Waals surface area contributed by atoms with E-state index in [0.29, 0.717) is 12.0 Å². The quantitative estimate of drug-likeness (QED) is 0.925. The van der Waals surface area contributed by atoms with Gasteiger partial charge in [0.05, 0.1) is 5.60 Å². The highest BCUT2D eigenvalue weighted by Crippen LogP contribution is 2.21. The molecule has 0 radical (unpaired) electrons. The molecule has 0 heterocycles. The molecule has 90 valence electrons.